The van der Waals surface area contributed by atoms with Crippen LogP contribution in [-0.4, -0.2) is 37.7 Å². The number of anilines is 2. The van der Waals surface area contributed by atoms with Crippen LogP contribution in [-0.2, 0) is 16.0 Å². The predicted molar refractivity (Wildman–Crippen MR) is 144 cm³/mol. The molecule has 1 fully saturated rings. The van der Waals surface area contributed by atoms with Gasteiger partial charge >= 0.3 is 18.1 Å². The Morgan fingerprint density at radius 1 is 1.02 bits per heavy atom. The minimum Gasteiger partial charge on any atom is -0.440 e. The Hall–Kier alpha value is -4.60. The number of alkyl halides is 3. The number of ether oxygens (including phenoxy) is 1. The molecule has 1 saturated heterocycles. The van der Waals surface area contributed by atoms with Gasteiger partial charge in [-0.15, -0.1) is 0 Å². The van der Waals surface area contributed by atoms with Crippen LogP contribution < -0.4 is 15.6 Å². The molecule has 0 atom stereocenters. The molecular weight excluding hydrogens is 525 g/mol. The zero-order valence-corrected chi connectivity index (χ0v) is 21.5. The number of benzene rings is 3. The molecule has 0 aliphatic carbocycles. The van der Waals surface area contributed by atoms with E-state index < -0.39 is 18.1 Å². The van der Waals surface area contributed by atoms with Gasteiger partial charge in [-0.2, -0.15) is 13.2 Å². The maximum Gasteiger partial charge on any atom is 0.491 e. The fourth-order valence-corrected chi connectivity index (χ4v) is 4.76. The first kappa shape index (κ1) is 27.0. The van der Waals surface area contributed by atoms with Gasteiger partial charge in [0.05, 0.1) is 10.9 Å². The smallest absolute Gasteiger partial charge is 0.440 e. The van der Waals surface area contributed by atoms with E-state index in [-0.39, 0.29) is 23.2 Å². The Balaban J connectivity index is 1.32. The van der Waals surface area contributed by atoms with Gasteiger partial charge in [-0.1, -0.05) is 48.5 Å². The SMILES string of the molecule is Cc1cc(CCNc2ccccc2C(=O)OC(=O)C(F)(F)F)c2oc(N3CC(c4ccccc4)C3)cc(=O)c2c1. The van der Waals surface area contributed by atoms with Gasteiger partial charge in [-0.25, -0.2) is 9.59 Å². The molecule has 0 spiro atoms. The summed E-state index contributed by atoms with van der Waals surface area (Å²) in [6, 6.07) is 21.1. The molecule has 5 rings (SSSR count). The number of carbonyl (C=O) groups is 2. The van der Waals surface area contributed by atoms with Gasteiger partial charge in [0, 0.05) is 37.3 Å². The van der Waals surface area contributed by atoms with E-state index in [4.69, 9.17) is 4.42 Å². The van der Waals surface area contributed by atoms with Crippen LogP contribution in [0.4, 0.5) is 24.7 Å². The van der Waals surface area contributed by atoms with Gasteiger partial charge in [0.2, 0.25) is 0 Å². The van der Waals surface area contributed by atoms with Crippen molar-refractivity contribution in [1.29, 1.82) is 0 Å². The van der Waals surface area contributed by atoms with E-state index in [9.17, 15) is 27.6 Å². The van der Waals surface area contributed by atoms with Crippen LogP contribution in [0.15, 0.2) is 82.0 Å². The minimum atomic E-state index is -5.29. The van der Waals surface area contributed by atoms with E-state index in [1.807, 2.05) is 36.1 Å². The summed E-state index contributed by atoms with van der Waals surface area (Å²) in [5, 5.41) is 3.47. The highest BCUT2D eigenvalue weighted by Gasteiger charge is 2.42. The first-order chi connectivity index (χ1) is 19.1. The number of hydrogen-bond donors (Lipinski definition) is 1. The molecule has 0 bridgehead atoms. The lowest BCUT2D eigenvalue weighted by Gasteiger charge is -2.40. The van der Waals surface area contributed by atoms with E-state index in [0.29, 0.717) is 29.2 Å². The number of hydrogen-bond acceptors (Lipinski definition) is 7. The molecule has 0 saturated carbocycles. The number of rotatable bonds is 7. The van der Waals surface area contributed by atoms with Gasteiger partial charge in [-0.05, 0) is 48.2 Å². The molecule has 0 radical (unpaired) electrons. The molecule has 2 heterocycles. The molecule has 7 nitrogen and oxygen atoms in total. The number of fused-ring (bicyclic) bond motifs is 1. The number of carbonyl (C=O) groups excluding carboxylic acids is 2. The number of esters is 2. The maximum atomic E-state index is 13.0. The van der Waals surface area contributed by atoms with Crippen molar-refractivity contribution in [1.82, 2.24) is 0 Å². The topological polar surface area (TPSA) is 88.8 Å². The molecule has 206 valence electrons. The second kappa shape index (κ2) is 10.9. The van der Waals surface area contributed by atoms with Crippen molar-refractivity contribution in [2.75, 3.05) is 29.9 Å². The summed E-state index contributed by atoms with van der Waals surface area (Å²) in [6.07, 6.45) is -4.91. The largest absolute Gasteiger partial charge is 0.491 e. The van der Waals surface area contributed by atoms with Crippen molar-refractivity contribution < 1.29 is 31.9 Å². The zero-order valence-electron chi connectivity index (χ0n) is 21.5. The van der Waals surface area contributed by atoms with Crippen molar-refractivity contribution in [2.24, 2.45) is 0 Å². The Bertz CT molecular complexity index is 1630. The summed E-state index contributed by atoms with van der Waals surface area (Å²) in [6.45, 7) is 3.58. The van der Waals surface area contributed by atoms with Crippen LogP contribution in [0, 0.1) is 6.92 Å². The predicted octanol–water partition coefficient (Wildman–Crippen LogP) is 5.61. The molecule has 0 amide bonds. The summed E-state index contributed by atoms with van der Waals surface area (Å²) in [4.78, 5) is 38.4. The number of nitrogens with zero attached hydrogens (tertiary/aromatic N) is 1. The molecule has 3 aromatic carbocycles. The molecular formula is C30H25F3N2O5. The highest BCUT2D eigenvalue weighted by atomic mass is 19.4. The Labute approximate surface area is 227 Å². The Kier molecular flexibility index (Phi) is 7.34. The van der Waals surface area contributed by atoms with Crippen LogP contribution in [0.25, 0.3) is 11.0 Å². The third-order valence-electron chi connectivity index (χ3n) is 6.77. The molecule has 40 heavy (non-hydrogen) atoms. The standard InChI is InChI=1S/C30H25F3N2O5/c1-18-13-20(11-12-34-24-10-6-5-9-22(24)28(37)40-29(38)30(31,32)33)27-23(14-18)25(36)15-26(39-27)35-16-21(17-35)19-7-3-2-4-8-19/h2-10,13-15,21,34H,11-12,16-17H2,1H3. The minimum absolute atomic E-state index is 0.153. The van der Waals surface area contributed by atoms with Crippen LogP contribution in [0.1, 0.15) is 33.0 Å². The van der Waals surface area contributed by atoms with E-state index in [1.54, 1.807) is 12.1 Å². The lowest BCUT2D eigenvalue weighted by Crippen LogP contribution is -2.45. The molecule has 1 aliphatic rings. The zero-order chi connectivity index (χ0) is 28.4. The second-order valence-electron chi connectivity index (χ2n) is 9.66. The van der Waals surface area contributed by atoms with Gasteiger partial charge in [0.25, 0.3) is 0 Å². The van der Waals surface area contributed by atoms with Gasteiger partial charge in [-0.3, -0.25) is 4.79 Å². The summed E-state index contributed by atoms with van der Waals surface area (Å²) in [5.41, 5.74) is 3.15. The average molecular weight is 551 g/mol. The van der Waals surface area contributed by atoms with E-state index in [2.05, 4.69) is 22.2 Å². The van der Waals surface area contributed by atoms with Crippen molar-refractivity contribution in [3.8, 4) is 0 Å². The van der Waals surface area contributed by atoms with Gasteiger partial charge in [0.15, 0.2) is 11.3 Å². The summed E-state index contributed by atoms with van der Waals surface area (Å²) in [5.74, 6) is -3.15. The third kappa shape index (κ3) is 5.70. The van der Waals surface area contributed by atoms with Crippen molar-refractivity contribution in [2.45, 2.75) is 25.4 Å². The first-order valence-electron chi connectivity index (χ1n) is 12.6. The lowest BCUT2D eigenvalue weighted by molar-refractivity contribution is -0.193. The highest BCUT2D eigenvalue weighted by molar-refractivity contribution is 6.02. The summed E-state index contributed by atoms with van der Waals surface area (Å²) >= 11 is 0. The lowest BCUT2D eigenvalue weighted by atomic mass is 9.91. The second-order valence-corrected chi connectivity index (χ2v) is 9.66. The Morgan fingerprint density at radius 3 is 2.45 bits per heavy atom. The van der Waals surface area contributed by atoms with Gasteiger partial charge in [0.1, 0.15) is 5.58 Å². The molecule has 4 aromatic rings. The maximum absolute atomic E-state index is 13.0. The first-order valence-corrected chi connectivity index (χ1v) is 12.6. The Morgan fingerprint density at radius 2 is 1.73 bits per heavy atom. The number of para-hydroxylation sites is 1. The summed E-state index contributed by atoms with van der Waals surface area (Å²) < 4.78 is 47.8. The molecule has 1 aromatic heterocycles. The van der Waals surface area contributed by atoms with Crippen molar-refractivity contribution >= 4 is 34.5 Å². The van der Waals surface area contributed by atoms with Crippen LogP contribution in [0.5, 0.6) is 0 Å². The number of aryl methyl sites for hydroxylation is 1. The highest BCUT2D eigenvalue weighted by Crippen LogP contribution is 2.33. The third-order valence-corrected chi connectivity index (χ3v) is 6.77. The molecule has 1 aliphatic heterocycles. The molecule has 1 N–H and O–H groups in total. The number of nitrogens with one attached hydrogen (secondary N) is 1. The van der Waals surface area contributed by atoms with Crippen LogP contribution in [0.3, 0.4) is 0 Å². The fourth-order valence-electron chi connectivity index (χ4n) is 4.76. The summed E-state index contributed by atoms with van der Waals surface area (Å²) in [7, 11) is 0. The number of halogens is 3. The van der Waals surface area contributed by atoms with E-state index in [1.165, 1.54) is 29.8 Å². The van der Waals surface area contributed by atoms with Crippen molar-refractivity contribution in [3.63, 3.8) is 0 Å². The van der Waals surface area contributed by atoms with Crippen molar-refractivity contribution in [3.05, 3.63) is 105 Å². The average Bonchev–Trinajstić information content (AvgIpc) is 2.89. The normalized spacial score (nSPS) is 13.7. The van der Waals surface area contributed by atoms with E-state index in [0.717, 1.165) is 24.2 Å². The van der Waals surface area contributed by atoms with Crippen LogP contribution >= 0.6 is 0 Å². The van der Waals surface area contributed by atoms with Crippen LogP contribution in [0.2, 0.25) is 0 Å². The quantitative estimate of drug-likeness (QED) is 0.237. The fraction of sp³-hybridized carbons (Fsp3) is 0.233. The monoisotopic (exact) mass is 550 g/mol. The molecule has 10 heteroatoms. The van der Waals surface area contributed by atoms with Gasteiger partial charge < -0.3 is 19.4 Å². The van der Waals surface area contributed by atoms with E-state index >= 15 is 0 Å². The molecule has 0 unspecified atom stereocenters.